The van der Waals surface area contributed by atoms with Gasteiger partial charge in [-0.1, -0.05) is 18.2 Å². The fourth-order valence-corrected chi connectivity index (χ4v) is 2.13. The normalized spacial score (nSPS) is 10.7. The van der Waals surface area contributed by atoms with Crippen molar-refractivity contribution in [2.45, 2.75) is 6.92 Å². The monoisotopic (exact) mass is 235 g/mol. The number of benzene rings is 2. The molecule has 0 spiro atoms. The molecule has 0 aliphatic heterocycles. The van der Waals surface area contributed by atoms with Crippen LogP contribution in [0.25, 0.3) is 22.2 Å². The Kier molecular flexibility index (Phi) is 2.49. The molecule has 2 aromatic carbocycles. The number of phenols is 1. The zero-order chi connectivity index (χ0) is 12.5. The lowest BCUT2D eigenvalue weighted by Gasteiger charge is -2.07. The molecule has 0 bridgehead atoms. The molecule has 0 saturated carbocycles. The van der Waals surface area contributed by atoms with Crippen LogP contribution in [0, 0.1) is 6.92 Å². The Balaban J connectivity index is 2.22. The summed E-state index contributed by atoms with van der Waals surface area (Å²) in [5.41, 5.74) is 4.12. The topological polar surface area (TPSA) is 33.1 Å². The number of hydrogen-bond donors (Lipinski definition) is 1. The van der Waals surface area contributed by atoms with Gasteiger partial charge in [0.1, 0.15) is 5.75 Å². The lowest BCUT2D eigenvalue weighted by Crippen LogP contribution is -1.89. The van der Waals surface area contributed by atoms with E-state index in [0.29, 0.717) is 0 Å². The Bertz CT molecular complexity index is 702. The van der Waals surface area contributed by atoms with E-state index in [2.05, 4.69) is 19.1 Å². The molecule has 1 N–H and O–H groups in total. The van der Waals surface area contributed by atoms with Gasteiger partial charge >= 0.3 is 0 Å². The molecule has 0 unspecified atom stereocenters. The van der Waals surface area contributed by atoms with Gasteiger partial charge < -0.3 is 5.11 Å². The van der Waals surface area contributed by atoms with Crippen LogP contribution in [-0.4, -0.2) is 10.1 Å². The van der Waals surface area contributed by atoms with Gasteiger partial charge in [0.25, 0.3) is 0 Å². The second-order valence-electron chi connectivity index (χ2n) is 4.39. The van der Waals surface area contributed by atoms with Crippen molar-refractivity contribution in [3.8, 4) is 17.0 Å². The predicted molar refractivity (Wildman–Crippen MR) is 73.6 cm³/mol. The summed E-state index contributed by atoms with van der Waals surface area (Å²) in [5.74, 6) is 0.275. The van der Waals surface area contributed by atoms with Crippen molar-refractivity contribution < 1.29 is 5.11 Å². The average Bonchev–Trinajstić information content (AvgIpc) is 2.39. The standard InChI is InChI=1S/C16H13NO/c1-11-10-13-4-2-3-5-15(13)17-16(11)12-6-8-14(18)9-7-12/h2-10,18H,1H3. The number of phenolic OH excluding ortho intramolecular Hbond substituents is 1. The van der Waals surface area contributed by atoms with E-state index in [9.17, 15) is 5.11 Å². The maximum absolute atomic E-state index is 9.32. The minimum absolute atomic E-state index is 0.275. The highest BCUT2D eigenvalue weighted by Gasteiger charge is 2.05. The molecule has 1 aromatic heterocycles. The maximum Gasteiger partial charge on any atom is 0.115 e. The minimum atomic E-state index is 0.275. The third-order valence-corrected chi connectivity index (χ3v) is 3.06. The van der Waals surface area contributed by atoms with E-state index < -0.39 is 0 Å². The second kappa shape index (κ2) is 4.15. The maximum atomic E-state index is 9.32. The molecule has 0 radical (unpaired) electrons. The Labute approximate surface area is 106 Å². The number of aromatic hydroxyl groups is 1. The average molecular weight is 235 g/mol. The molecular weight excluding hydrogens is 222 g/mol. The van der Waals surface area contributed by atoms with Crippen LogP contribution in [0.4, 0.5) is 0 Å². The molecule has 0 aliphatic carbocycles. The summed E-state index contributed by atoms with van der Waals surface area (Å²) in [7, 11) is 0. The first kappa shape index (κ1) is 10.8. The lowest BCUT2D eigenvalue weighted by atomic mass is 10.0. The van der Waals surface area contributed by atoms with E-state index in [4.69, 9.17) is 4.98 Å². The molecule has 3 rings (SSSR count). The fourth-order valence-electron chi connectivity index (χ4n) is 2.13. The number of rotatable bonds is 1. The smallest absolute Gasteiger partial charge is 0.115 e. The summed E-state index contributed by atoms with van der Waals surface area (Å²) in [6.45, 7) is 2.06. The molecule has 2 heteroatoms. The number of pyridine rings is 1. The Morgan fingerprint density at radius 3 is 2.44 bits per heavy atom. The quantitative estimate of drug-likeness (QED) is 0.693. The molecule has 0 aliphatic rings. The number of fused-ring (bicyclic) bond motifs is 1. The molecule has 0 amide bonds. The molecule has 3 aromatic rings. The highest BCUT2D eigenvalue weighted by atomic mass is 16.3. The van der Waals surface area contributed by atoms with E-state index in [0.717, 1.165) is 27.7 Å². The van der Waals surface area contributed by atoms with Crippen molar-refractivity contribution >= 4 is 10.9 Å². The molecule has 0 atom stereocenters. The van der Waals surface area contributed by atoms with Gasteiger partial charge in [0.15, 0.2) is 0 Å². The van der Waals surface area contributed by atoms with Gasteiger partial charge in [0.05, 0.1) is 11.2 Å². The summed E-state index contributed by atoms with van der Waals surface area (Å²) in [5, 5.41) is 10.5. The van der Waals surface area contributed by atoms with Gasteiger partial charge in [-0.3, -0.25) is 0 Å². The van der Waals surface area contributed by atoms with Crippen molar-refractivity contribution in [2.24, 2.45) is 0 Å². The van der Waals surface area contributed by atoms with Gasteiger partial charge in [0, 0.05) is 10.9 Å². The van der Waals surface area contributed by atoms with Crippen LogP contribution < -0.4 is 0 Å². The predicted octanol–water partition coefficient (Wildman–Crippen LogP) is 3.92. The first-order valence-corrected chi connectivity index (χ1v) is 5.90. The van der Waals surface area contributed by atoms with Crippen molar-refractivity contribution in [1.29, 1.82) is 0 Å². The van der Waals surface area contributed by atoms with Gasteiger partial charge in [0.2, 0.25) is 0 Å². The summed E-state index contributed by atoms with van der Waals surface area (Å²) in [6, 6.07) is 17.4. The van der Waals surface area contributed by atoms with E-state index in [-0.39, 0.29) is 5.75 Å². The zero-order valence-corrected chi connectivity index (χ0v) is 10.1. The van der Waals surface area contributed by atoms with Crippen LogP contribution in [0.15, 0.2) is 54.6 Å². The van der Waals surface area contributed by atoms with Crippen LogP contribution in [-0.2, 0) is 0 Å². The molecule has 1 heterocycles. The molecule has 0 fully saturated rings. The van der Waals surface area contributed by atoms with Crippen LogP contribution in [0.2, 0.25) is 0 Å². The Morgan fingerprint density at radius 2 is 1.67 bits per heavy atom. The second-order valence-corrected chi connectivity index (χ2v) is 4.39. The SMILES string of the molecule is Cc1cc2ccccc2nc1-c1ccc(O)cc1. The summed E-state index contributed by atoms with van der Waals surface area (Å²) in [4.78, 5) is 4.69. The Hall–Kier alpha value is -2.35. The molecule has 0 saturated heterocycles. The van der Waals surface area contributed by atoms with Crippen molar-refractivity contribution in [3.05, 3.63) is 60.2 Å². The van der Waals surface area contributed by atoms with Crippen LogP contribution >= 0.6 is 0 Å². The van der Waals surface area contributed by atoms with E-state index >= 15 is 0 Å². The number of nitrogens with zero attached hydrogens (tertiary/aromatic N) is 1. The highest BCUT2D eigenvalue weighted by Crippen LogP contribution is 2.26. The molecular formula is C16H13NO. The van der Waals surface area contributed by atoms with Crippen LogP contribution in [0.1, 0.15) is 5.56 Å². The Morgan fingerprint density at radius 1 is 0.944 bits per heavy atom. The van der Waals surface area contributed by atoms with Gasteiger partial charge in [-0.25, -0.2) is 4.98 Å². The number of hydrogen-bond acceptors (Lipinski definition) is 2. The third-order valence-electron chi connectivity index (χ3n) is 3.06. The first-order chi connectivity index (χ1) is 8.74. The number of para-hydroxylation sites is 1. The first-order valence-electron chi connectivity index (χ1n) is 5.90. The van der Waals surface area contributed by atoms with Crippen LogP contribution in [0.5, 0.6) is 5.75 Å². The fraction of sp³-hybridized carbons (Fsp3) is 0.0625. The summed E-state index contributed by atoms with van der Waals surface area (Å²) >= 11 is 0. The van der Waals surface area contributed by atoms with Crippen LogP contribution in [0.3, 0.4) is 0 Å². The van der Waals surface area contributed by atoms with E-state index in [1.54, 1.807) is 12.1 Å². The van der Waals surface area contributed by atoms with E-state index in [1.165, 1.54) is 0 Å². The summed E-state index contributed by atoms with van der Waals surface area (Å²) in [6.07, 6.45) is 0. The van der Waals surface area contributed by atoms with E-state index in [1.807, 2.05) is 30.3 Å². The van der Waals surface area contributed by atoms with Gasteiger partial charge in [-0.15, -0.1) is 0 Å². The molecule has 18 heavy (non-hydrogen) atoms. The molecule has 2 nitrogen and oxygen atoms in total. The largest absolute Gasteiger partial charge is 0.508 e. The highest BCUT2D eigenvalue weighted by molar-refractivity contribution is 5.83. The minimum Gasteiger partial charge on any atom is -0.508 e. The van der Waals surface area contributed by atoms with Crippen molar-refractivity contribution in [3.63, 3.8) is 0 Å². The zero-order valence-electron chi connectivity index (χ0n) is 10.1. The van der Waals surface area contributed by atoms with Gasteiger partial charge in [-0.2, -0.15) is 0 Å². The summed E-state index contributed by atoms with van der Waals surface area (Å²) < 4.78 is 0. The van der Waals surface area contributed by atoms with Crippen molar-refractivity contribution in [2.75, 3.05) is 0 Å². The number of aryl methyl sites for hydroxylation is 1. The van der Waals surface area contributed by atoms with Gasteiger partial charge in [-0.05, 0) is 48.9 Å². The molecule has 88 valence electrons. The third kappa shape index (κ3) is 1.82. The lowest BCUT2D eigenvalue weighted by molar-refractivity contribution is 0.475. The number of aromatic nitrogens is 1. The van der Waals surface area contributed by atoms with Crippen molar-refractivity contribution in [1.82, 2.24) is 4.98 Å².